The third-order valence-electron chi connectivity index (χ3n) is 3.39. The Morgan fingerprint density at radius 3 is 2.77 bits per heavy atom. The summed E-state index contributed by atoms with van der Waals surface area (Å²) in [5.74, 6) is 0.459. The van der Waals surface area contributed by atoms with E-state index in [0.29, 0.717) is 5.92 Å². The Morgan fingerprint density at radius 2 is 2.08 bits per heavy atom. The molecule has 4 atom stereocenters. The number of alkyl halides is 3. The molecule has 1 heterocycles. The van der Waals surface area contributed by atoms with E-state index in [1.54, 1.807) is 0 Å². The zero-order valence-electron chi connectivity index (χ0n) is 6.80. The molecule has 2 fully saturated rings. The van der Waals surface area contributed by atoms with Crippen LogP contribution in [0.1, 0.15) is 12.8 Å². The van der Waals surface area contributed by atoms with Crippen LogP contribution >= 0.6 is 0 Å². The van der Waals surface area contributed by atoms with Crippen molar-refractivity contribution in [3.8, 4) is 0 Å². The number of fused-ring (bicyclic) bond motifs is 3. The molecule has 0 aromatic carbocycles. The Kier molecular flexibility index (Phi) is 1.18. The molecule has 3 rings (SSSR count). The van der Waals surface area contributed by atoms with Gasteiger partial charge in [-0.2, -0.15) is 18.3 Å². The number of hydrogen-bond donors (Lipinski definition) is 1. The molecule has 4 unspecified atom stereocenters. The summed E-state index contributed by atoms with van der Waals surface area (Å²) in [6.45, 7) is 0. The second-order valence-electron chi connectivity index (χ2n) is 4.15. The van der Waals surface area contributed by atoms with Crippen molar-refractivity contribution in [1.82, 2.24) is 5.43 Å². The highest BCUT2D eigenvalue weighted by Gasteiger charge is 2.61. The van der Waals surface area contributed by atoms with Gasteiger partial charge in [-0.1, -0.05) is 0 Å². The zero-order chi connectivity index (χ0) is 9.22. The molecule has 0 amide bonds. The number of hydrazone groups is 1. The van der Waals surface area contributed by atoms with Gasteiger partial charge in [-0.3, -0.25) is 0 Å². The van der Waals surface area contributed by atoms with Crippen molar-refractivity contribution in [2.75, 3.05) is 0 Å². The quantitative estimate of drug-likeness (QED) is 0.615. The van der Waals surface area contributed by atoms with Gasteiger partial charge in [0.25, 0.3) is 0 Å². The summed E-state index contributed by atoms with van der Waals surface area (Å²) < 4.78 is 37.3. The SMILES string of the molecule is FC(F)(F)C1=NNC2CC3CC3C12. The van der Waals surface area contributed by atoms with Crippen LogP contribution < -0.4 is 5.43 Å². The molecular weight excluding hydrogens is 181 g/mol. The molecule has 0 aromatic heterocycles. The molecular formula is C8H9F3N2. The summed E-state index contributed by atoms with van der Waals surface area (Å²) in [6, 6.07) is -0.0274. The molecule has 2 nitrogen and oxygen atoms in total. The third kappa shape index (κ3) is 0.928. The molecule has 72 valence electrons. The van der Waals surface area contributed by atoms with Gasteiger partial charge in [0.15, 0.2) is 0 Å². The van der Waals surface area contributed by atoms with Crippen LogP contribution in [0.25, 0.3) is 0 Å². The molecule has 0 spiro atoms. The lowest BCUT2D eigenvalue weighted by atomic mass is 9.94. The Bertz CT molecular complexity index is 284. The first-order valence-corrected chi connectivity index (χ1v) is 4.47. The zero-order valence-corrected chi connectivity index (χ0v) is 6.80. The van der Waals surface area contributed by atoms with Crippen molar-refractivity contribution in [2.24, 2.45) is 22.9 Å². The monoisotopic (exact) mass is 190 g/mol. The lowest BCUT2D eigenvalue weighted by Gasteiger charge is -2.15. The third-order valence-corrected chi connectivity index (χ3v) is 3.39. The highest BCUT2D eigenvalue weighted by Crippen LogP contribution is 2.58. The fraction of sp³-hybridized carbons (Fsp3) is 0.875. The number of nitrogens with one attached hydrogen (secondary N) is 1. The van der Waals surface area contributed by atoms with Crippen molar-refractivity contribution in [1.29, 1.82) is 0 Å². The second-order valence-corrected chi connectivity index (χ2v) is 4.15. The minimum atomic E-state index is -4.23. The van der Waals surface area contributed by atoms with E-state index >= 15 is 0 Å². The fourth-order valence-corrected chi connectivity index (χ4v) is 2.76. The normalized spacial score (nSPS) is 46.5. The second kappa shape index (κ2) is 2.01. The fourth-order valence-electron chi connectivity index (χ4n) is 2.76. The van der Waals surface area contributed by atoms with Gasteiger partial charge in [-0.15, -0.1) is 0 Å². The highest BCUT2D eigenvalue weighted by molar-refractivity contribution is 5.94. The Labute approximate surface area is 73.2 Å². The number of hydrogen-bond acceptors (Lipinski definition) is 2. The molecule has 1 N–H and O–H groups in total. The van der Waals surface area contributed by atoms with Crippen LogP contribution in [0.15, 0.2) is 5.10 Å². The van der Waals surface area contributed by atoms with Gasteiger partial charge in [0.1, 0.15) is 5.71 Å². The average Bonchev–Trinajstić information content (AvgIpc) is 2.51. The maximum absolute atomic E-state index is 12.4. The summed E-state index contributed by atoms with van der Waals surface area (Å²) in [4.78, 5) is 0. The predicted octanol–water partition coefficient (Wildman–Crippen LogP) is 1.53. The first-order chi connectivity index (χ1) is 6.07. The van der Waals surface area contributed by atoms with Crippen LogP contribution in [0.3, 0.4) is 0 Å². The number of halogens is 3. The number of nitrogens with zero attached hydrogens (tertiary/aromatic N) is 1. The van der Waals surface area contributed by atoms with E-state index in [2.05, 4.69) is 10.5 Å². The summed E-state index contributed by atoms with van der Waals surface area (Å²) in [6.07, 6.45) is -2.39. The molecule has 1 aliphatic heterocycles. The Morgan fingerprint density at radius 1 is 1.31 bits per heavy atom. The van der Waals surface area contributed by atoms with Gasteiger partial charge in [-0.05, 0) is 24.7 Å². The lowest BCUT2D eigenvalue weighted by Crippen LogP contribution is -2.33. The van der Waals surface area contributed by atoms with Gasteiger partial charge in [-0.25, -0.2) is 0 Å². The van der Waals surface area contributed by atoms with E-state index in [1.165, 1.54) is 0 Å². The van der Waals surface area contributed by atoms with Gasteiger partial charge in [0, 0.05) is 5.92 Å². The molecule has 2 saturated carbocycles. The summed E-state index contributed by atoms with van der Waals surface area (Å²) in [5, 5.41) is 3.41. The molecule has 0 aromatic rings. The minimum Gasteiger partial charge on any atom is -0.306 e. The van der Waals surface area contributed by atoms with Crippen LogP contribution in [0.4, 0.5) is 13.2 Å². The molecule has 3 aliphatic rings. The van der Waals surface area contributed by atoms with Crippen molar-refractivity contribution in [3.63, 3.8) is 0 Å². The largest absolute Gasteiger partial charge is 0.431 e. The van der Waals surface area contributed by atoms with Gasteiger partial charge in [0.2, 0.25) is 0 Å². The van der Waals surface area contributed by atoms with E-state index in [0.717, 1.165) is 12.8 Å². The number of rotatable bonds is 0. The maximum Gasteiger partial charge on any atom is 0.431 e. The van der Waals surface area contributed by atoms with Crippen molar-refractivity contribution in [2.45, 2.75) is 25.1 Å². The van der Waals surface area contributed by atoms with Crippen LogP contribution in [0, 0.1) is 17.8 Å². The van der Waals surface area contributed by atoms with Crippen LogP contribution in [-0.2, 0) is 0 Å². The van der Waals surface area contributed by atoms with E-state index in [9.17, 15) is 13.2 Å². The van der Waals surface area contributed by atoms with Crippen LogP contribution in [0.5, 0.6) is 0 Å². The van der Waals surface area contributed by atoms with Gasteiger partial charge < -0.3 is 5.43 Å². The van der Waals surface area contributed by atoms with Crippen molar-refractivity contribution < 1.29 is 13.2 Å². The standard InChI is InChI=1S/C8H9F3N2/c9-8(10,11)7-6-4-1-3(4)2-5(6)12-13-7/h3-6,12H,1-2H2. The molecule has 5 heteroatoms. The molecule has 2 aliphatic carbocycles. The van der Waals surface area contributed by atoms with Crippen LogP contribution in [0.2, 0.25) is 0 Å². The minimum absolute atomic E-state index is 0.0274. The topological polar surface area (TPSA) is 24.4 Å². The molecule has 0 radical (unpaired) electrons. The first-order valence-electron chi connectivity index (χ1n) is 4.47. The van der Waals surface area contributed by atoms with E-state index in [4.69, 9.17) is 0 Å². The van der Waals surface area contributed by atoms with Crippen molar-refractivity contribution >= 4 is 5.71 Å². The van der Waals surface area contributed by atoms with E-state index in [1.807, 2.05) is 0 Å². The highest BCUT2D eigenvalue weighted by atomic mass is 19.4. The van der Waals surface area contributed by atoms with E-state index in [-0.39, 0.29) is 17.9 Å². The van der Waals surface area contributed by atoms with E-state index < -0.39 is 11.9 Å². The Balaban J connectivity index is 1.90. The Hall–Kier alpha value is -0.740. The molecule has 13 heavy (non-hydrogen) atoms. The average molecular weight is 190 g/mol. The van der Waals surface area contributed by atoms with Gasteiger partial charge >= 0.3 is 6.18 Å². The smallest absolute Gasteiger partial charge is 0.306 e. The predicted molar refractivity (Wildman–Crippen MR) is 40.1 cm³/mol. The first kappa shape index (κ1) is 7.64. The summed E-state index contributed by atoms with van der Waals surface area (Å²) >= 11 is 0. The van der Waals surface area contributed by atoms with Gasteiger partial charge in [0.05, 0.1) is 6.04 Å². The molecule has 0 bridgehead atoms. The van der Waals surface area contributed by atoms with Crippen molar-refractivity contribution in [3.05, 3.63) is 0 Å². The maximum atomic E-state index is 12.4. The summed E-state index contributed by atoms with van der Waals surface area (Å²) in [7, 11) is 0. The van der Waals surface area contributed by atoms with Crippen LogP contribution in [-0.4, -0.2) is 17.9 Å². The molecule has 0 saturated heterocycles. The summed E-state index contributed by atoms with van der Waals surface area (Å²) in [5.41, 5.74) is 2.04. The lowest BCUT2D eigenvalue weighted by molar-refractivity contribution is -0.0625.